The van der Waals surface area contributed by atoms with Gasteiger partial charge in [0, 0.05) is 17.2 Å². The zero-order valence-electron chi connectivity index (χ0n) is 25.0. The minimum atomic E-state index is -5.05. The maximum absolute atomic E-state index is 14.4. The standard InChI is InChI=1S/C32H24Cl2F3N3O7S/c1-3-45-23-14-18(13-22(34)27(23)47-16-17-5-11-21(12-6-17)40(43)44)15-24-29(41)39-26(19-7-9-20(33)10-8-19)25(30(42)46-4-2)28(32(35,36)37)38-31(39)48-24/h5-15,26H,3-4,16H2,1-2H3/b24-15-/t26-/m0/s1. The number of ether oxygens (including phenoxy) is 3. The van der Waals surface area contributed by atoms with Crippen molar-refractivity contribution in [3.8, 4) is 11.5 Å². The lowest BCUT2D eigenvalue weighted by Gasteiger charge is -2.26. The van der Waals surface area contributed by atoms with E-state index >= 15 is 0 Å². The molecule has 5 rings (SSSR count). The molecule has 0 bridgehead atoms. The number of aromatic nitrogens is 1. The SMILES string of the molecule is CCOC(=O)C1=C(C(F)(F)F)N=c2s/c(=C\c3cc(Cl)c(OCc4ccc([N+](=O)[O-])cc4)c(OCC)c3)c(=O)n2[C@H]1c1ccc(Cl)cc1. The lowest BCUT2D eigenvalue weighted by atomic mass is 9.95. The molecule has 10 nitrogen and oxygen atoms in total. The van der Waals surface area contributed by atoms with Crippen LogP contribution in [0.3, 0.4) is 0 Å². The number of hydrogen-bond acceptors (Lipinski definition) is 9. The third kappa shape index (κ3) is 7.25. The van der Waals surface area contributed by atoms with Crippen LogP contribution < -0.4 is 24.4 Å². The van der Waals surface area contributed by atoms with E-state index in [9.17, 15) is 32.9 Å². The maximum Gasteiger partial charge on any atom is 0.434 e. The third-order valence-electron chi connectivity index (χ3n) is 6.94. The molecule has 0 spiro atoms. The van der Waals surface area contributed by atoms with Gasteiger partial charge in [0.1, 0.15) is 6.61 Å². The Morgan fingerprint density at radius 1 is 1.06 bits per heavy atom. The number of benzene rings is 3. The molecule has 0 N–H and O–H groups in total. The average Bonchev–Trinajstić information content (AvgIpc) is 3.34. The number of halogens is 5. The summed E-state index contributed by atoms with van der Waals surface area (Å²) in [5, 5.41) is 11.3. The van der Waals surface area contributed by atoms with E-state index in [0.29, 0.717) is 27.5 Å². The van der Waals surface area contributed by atoms with Crippen LogP contribution in [-0.2, 0) is 16.1 Å². The number of carbonyl (C=O) groups is 1. The van der Waals surface area contributed by atoms with Gasteiger partial charge in [-0.1, -0.05) is 46.7 Å². The molecule has 1 aromatic heterocycles. The highest BCUT2D eigenvalue weighted by molar-refractivity contribution is 7.07. The molecule has 1 aliphatic rings. The summed E-state index contributed by atoms with van der Waals surface area (Å²) in [4.78, 5) is 40.8. The molecular formula is C32H24Cl2F3N3O7S. The normalized spacial score (nSPS) is 14.7. The summed E-state index contributed by atoms with van der Waals surface area (Å²) in [5.41, 5.74) is -1.92. The lowest BCUT2D eigenvalue weighted by Crippen LogP contribution is -2.41. The zero-order valence-corrected chi connectivity index (χ0v) is 27.4. The van der Waals surface area contributed by atoms with Crippen LogP contribution in [0, 0.1) is 10.1 Å². The van der Waals surface area contributed by atoms with Gasteiger partial charge in [-0.3, -0.25) is 19.5 Å². The number of non-ortho nitro benzene ring substituents is 1. The highest BCUT2D eigenvalue weighted by Crippen LogP contribution is 2.39. The number of nitrogens with zero attached hydrogens (tertiary/aromatic N) is 3. The summed E-state index contributed by atoms with van der Waals surface area (Å²) in [7, 11) is 0. The van der Waals surface area contributed by atoms with E-state index in [4.69, 9.17) is 37.4 Å². The van der Waals surface area contributed by atoms with Crippen molar-refractivity contribution < 1.29 is 37.1 Å². The molecule has 0 unspecified atom stereocenters. The van der Waals surface area contributed by atoms with Gasteiger partial charge >= 0.3 is 12.1 Å². The van der Waals surface area contributed by atoms with Crippen LogP contribution in [0.1, 0.15) is 36.6 Å². The van der Waals surface area contributed by atoms with E-state index in [-0.39, 0.29) is 56.9 Å². The predicted octanol–water partition coefficient (Wildman–Crippen LogP) is 6.53. The first kappa shape index (κ1) is 34.7. The van der Waals surface area contributed by atoms with Crippen molar-refractivity contribution >= 4 is 52.3 Å². The number of thiazole rings is 1. The molecule has 1 atom stereocenters. The Balaban J connectivity index is 1.61. The molecule has 3 aromatic carbocycles. The van der Waals surface area contributed by atoms with Gasteiger partial charge in [-0.25, -0.2) is 9.79 Å². The molecule has 1 aliphatic heterocycles. The number of hydrogen-bond donors (Lipinski definition) is 0. The molecule has 0 radical (unpaired) electrons. The second kappa shape index (κ2) is 14.2. The van der Waals surface area contributed by atoms with E-state index in [2.05, 4.69) is 4.99 Å². The van der Waals surface area contributed by atoms with Gasteiger partial charge in [0.2, 0.25) is 0 Å². The van der Waals surface area contributed by atoms with Crippen LogP contribution in [0.4, 0.5) is 18.9 Å². The number of allylic oxidation sites excluding steroid dienone is 1. The Morgan fingerprint density at radius 2 is 1.75 bits per heavy atom. The quantitative estimate of drug-likeness (QED) is 0.104. The largest absolute Gasteiger partial charge is 0.490 e. The second-order valence-corrected chi connectivity index (χ2v) is 11.9. The van der Waals surface area contributed by atoms with Crippen molar-refractivity contribution in [2.24, 2.45) is 4.99 Å². The van der Waals surface area contributed by atoms with Crippen LogP contribution in [0.2, 0.25) is 10.0 Å². The van der Waals surface area contributed by atoms with E-state index < -0.39 is 39.9 Å². The van der Waals surface area contributed by atoms with Crippen LogP contribution >= 0.6 is 34.5 Å². The van der Waals surface area contributed by atoms with E-state index in [1.807, 2.05) is 0 Å². The number of carbonyl (C=O) groups excluding carboxylic acids is 1. The van der Waals surface area contributed by atoms with Gasteiger partial charge in [0.25, 0.3) is 11.2 Å². The van der Waals surface area contributed by atoms with Gasteiger partial charge in [0.05, 0.1) is 39.3 Å². The number of nitro benzene ring substituents is 1. The topological polar surface area (TPSA) is 122 Å². The number of esters is 1. The van der Waals surface area contributed by atoms with Gasteiger partial charge in [-0.05, 0) is 73.0 Å². The Labute approximate surface area is 284 Å². The van der Waals surface area contributed by atoms with E-state index in [0.717, 1.165) is 4.57 Å². The van der Waals surface area contributed by atoms with Crippen molar-refractivity contribution in [2.75, 3.05) is 13.2 Å². The fraction of sp³-hybridized carbons (Fsp3) is 0.219. The second-order valence-electron chi connectivity index (χ2n) is 10.1. The van der Waals surface area contributed by atoms with E-state index in [1.165, 1.54) is 67.6 Å². The number of alkyl halides is 3. The fourth-order valence-electron chi connectivity index (χ4n) is 4.90. The Kier molecular flexibility index (Phi) is 10.3. The molecule has 0 saturated heterocycles. The van der Waals surface area contributed by atoms with E-state index in [1.54, 1.807) is 13.0 Å². The van der Waals surface area contributed by atoms with Gasteiger partial charge in [-0.15, -0.1) is 0 Å². The van der Waals surface area contributed by atoms with Crippen molar-refractivity contribution in [3.63, 3.8) is 0 Å². The summed E-state index contributed by atoms with van der Waals surface area (Å²) in [6.45, 7) is 3.20. The molecule has 0 aliphatic carbocycles. The van der Waals surface area contributed by atoms with Crippen LogP contribution in [-0.4, -0.2) is 34.8 Å². The molecule has 0 saturated carbocycles. The molecule has 0 amide bonds. The highest BCUT2D eigenvalue weighted by Gasteiger charge is 2.45. The smallest absolute Gasteiger partial charge is 0.434 e. The summed E-state index contributed by atoms with van der Waals surface area (Å²) < 4.78 is 60.8. The maximum atomic E-state index is 14.4. The fourth-order valence-corrected chi connectivity index (χ4v) is 6.30. The average molecular weight is 723 g/mol. The first-order valence-corrected chi connectivity index (χ1v) is 15.8. The predicted molar refractivity (Wildman–Crippen MR) is 172 cm³/mol. The van der Waals surface area contributed by atoms with Crippen molar-refractivity contribution in [1.82, 2.24) is 4.57 Å². The van der Waals surface area contributed by atoms with Crippen LogP contribution in [0.5, 0.6) is 11.5 Å². The Bertz CT molecular complexity index is 2100. The number of rotatable bonds is 10. The summed E-state index contributed by atoms with van der Waals surface area (Å²) in [6, 6.07) is 13.0. The van der Waals surface area contributed by atoms with Gasteiger partial charge in [0.15, 0.2) is 22.0 Å². The summed E-state index contributed by atoms with van der Waals surface area (Å²) in [6.07, 6.45) is -3.63. The van der Waals surface area contributed by atoms with Crippen LogP contribution in [0.25, 0.3) is 6.08 Å². The molecule has 0 fully saturated rings. The van der Waals surface area contributed by atoms with Gasteiger partial charge in [-0.2, -0.15) is 13.2 Å². The third-order valence-corrected chi connectivity index (χ3v) is 8.46. The molecule has 250 valence electrons. The first-order chi connectivity index (χ1) is 22.8. The van der Waals surface area contributed by atoms with Crippen molar-refractivity contribution in [2.45, 2.75) is 32.7 Å². The minimum Gasteiger partial charge on any atom is -0.490 e. The monoisotopic (exact) mass is 721 g/mol. The Hall–Kier alpha value is -4.66. The first-order valence-electron chi connectivity index (χ1n) is 14.2. The Morgan fingerprint density at radius 3 is 2.35 bits per heavy atom. The molecule has 16 heteroatoms. The highest BCUT2D eigenvalue weighted by atomic mass is 35.5. The van der Waals surface area contributed by atoms with Gasteiger partial charge < -0.3 is 14.2 Å². The lowest BCUT2D eigenvalue weighted by molar-refractivity contribution is -0.384. The zero-order chi connectivity index (χ0) is 34.7. The van der Waals surface area contributed by atoms with Crippen LogP contribution in [0.15, 0.2) is 81.7 Å². The summed E-state index contributed by atoms with van der Waals surface area (Å²) in [5.74, 6) is -0.874. The number of nitro groups is 1. The molecule has 2 heterocycles. The molecule has 48 heavy (non-hydrogen) atoms. The minimum absolute atomic E-state index is 0.00240. The number of fused-ring (bicyclic) bond motifs is 1. The molecular weight excluding hydrogens is 698 g/mol. The van der Waals surface area contributed by atoms with Crippen molar-refractivity contribution in [3.05, 3.63) is 128 Å². The molecule has 4 aromatic rings. The van der Waals surface area contributed by atoms with Crippen molar-refractivity contribution in [1.29, 1.82) is 0 Å². The summed E-state index contributed by atoms with van der Waals surface area (Å²) >= 11 is 13.3.